The van der Waals surface area contributed by atoms with E-state index >= 15 is 0 Å². The van der Waals surface area contributed by atoms with Crippen LogP contribution in [0.3, 0.4) is 0 Å². The molecule has 0 saturated carbocycles. The Kier molecular flexibility index (Phi) is 5.83. The highest BCUT2D eigenvalue weighted by Gasteiger charge is 2.09. The first-order chi connectivity index (χ1) is 15.0. The van der Waals surface area contributed by atoms with E-state index in [2.05, 4.69) is 43.2 Å². The van der Waals surface area contributed by atoms with Crippen molar-refractivity contribution in [3.63, 3.8) is 0 Å². The lowest BCUT2D eigenvalue weighted by atomic mass is 10.1. The first kappa shape index (κ1) is 20.4. The molecular formula is C24H17BrN4O2. The fourth-order valence-electron chi connectivity index (χ4n) is 3.28. The van der Waals surface area contributed by atoms with Gasteiger partial charge in [0, 0.05) is 39.2 Å². The van der Waals surface area contributed by atoms with Gasteiger partial charge in [-0.05, 0) is 48.0 Å². The molecule has 4 rings (SSSR count). The number of nitriles is 1. The van der Waals surface area contributed by atoms with Gasteiger partial charge in [0.05, 0.1) is 11.8 Å². The first-order valence-corrected chi connectivity index (χ1v) is 10.2. The third-order valence-electron chi connectivity index (χ3n) is 4.86. The normalized spacial score (nSPS) is 11.0. The Morgan fingerprint density at radius 2 is 1.97 bits per heavy atom. The van der Waals surface area contributed by atoms with Crippen molar-refractivity contribution in [2.24, 2.45) is 5.10 Å². The summed E-state index contributed by atoms with van der Waals surface area (Å²) in [5.74, 6) is -0.630. The summed E-state index contributed by atoms with van der Waals surface area (Å²) < 4.78 is 3.21. The van der Waals surface area contributed by atoms with Crippen LogP contribution in [-0.4, -0.2) is 21.8 Å². The molecule has 152 valence electrons. The Bertz CT molecular complexity index is 1330. The van der Waals surface area contributed by atoms with Gasteiger partial charge in [-0.2, -0.15) is 10.4 Å². The molecule has 0 fully saturated rings. The SMILES string of the molecule is N#Cc1cc(C(=O)N/N=C/c2cccc3c2ccn3Cc2ccc(Br)cc2)ccc1O. The highest BCUT2D eigenvalue weighted by atomic mass is 79.9. The van der Waals surface area contributed by atoms with Crippen LogP contribution in [0.1, 0.15) is 27.0 Å². The van der Waals surface area contributed by atoms with Crippen LogP contribution in [0.4, 0.5) is 0 Å². The average molecular weight is 473 g/mol. The van der Waals surface area contributed by atoms with E-state index in [1.54, 1.807) is 6.21 Å². The Morgan fingerprint density at radius 1 is 1.16 bits per heavy atom. The molecule has 0 unspecified atom stereocenters. The maximum absolute atomic E-state index is 12.3. The molecule has 0 aliphatic heterocycles. The second-order valence-corrected chi connectivity index (χ2v) is 7.81. The van der Waals surface area contributed by atoms with E-state index in [1.165, 1.54) is 23.8 Å². The second-order valence-electron chi connectivity index (χ2n) is 6.89. The summed E-state index contributed by atoms with van der Waals surface area (Å²) in [7, 11) is 0. The van der Waals surface area contributed by atoms with Crippen LogP contribution in [0.5, 0.6) is 5.75 Å². The zero-order valence-electron chi connectivity index (χ0n) is 16.3. The quantitative estimate of drug-likeness (QED) is 0.323. The summed E-state index contributed by atoms with van der Waals surface area (Å²) in [6.45, 7) is 0.746. The van der Waals surface area contributed by atoms with Crippen LogP contribution >= 0.6 is 15.9 Å². The number of amides is 1. The van der Waals surface area contributed by atoms with E-state index in [-0.39, 0.29) is 16.9 Å². The maximum atomic E-state index is 12.3. The maximum Gasteiger partial charge on any atom is 0.271 e. The van der Waals surface area contributed by atoms with Crippen LogP contribution in [0.2, 0.25) is 0 Å². The third kappa shape index (κ3) is 4.49. The number of carbonyl (C=O) groups is 1. The van der Waals surface area contributed by atoms with Crippen molar-refractivity contribution in [2.45, 2.75) is 6.54 Å². The number of aromatic hydroxyl groups is 1. The van der Waals surface area contributed by atoms with E-state index in [0.717, 1.165) is 27.5 Å². The molecule has 0 saturated heterocycles. The van der Waals surface area contributed by atoms with Crippen molar-refractivity contribution in [1.29, 1.82) is 5.26 Å². The van der Waals surface area contributed by atoms with Crippen molar-refractivity contribution in [2.75, 3.05) is 0 Å². The van der Waals surface area contributed by atoms with Gasteiger partial charge in [0.1, 0.15) is 11.8 Å². The summed E-state index contributed by atoms with van der Waals surface area (Å²) >= 11 is 3.46. The first-order valence-electron chi connectivity index (χ1n) is 9.44. The number of hydrogen-bond acceptors (Lipinski definition) is 4. The van der Waals surface area contributed by atoms with Crippen molar-refractivity contribution >= 4 is 39.0 Å². The number of phenolic OH excluding ortho intramolecular Hbond substituents is 1. The molecule has 0 spiro atoms. The van der Waals surface area contributed by atoms with Gasteiger partial charge >= 0.3 is 0 Å². The number of nitrogens with zero attached hydrogens (tertiary/aromatic N) is 3. The lowest BCUT2D eigenvalue weighted by molar-refractivity contribution is 0.0955. The Morgan fingerprint density at radius 3 is 2.74 bits per heavy atom. The summed E-state index contributed by atoms with van der Waals surface area (Å²) in [5, 5.41) is 23.6. The van der Waals surface area contributed by atoms with Crippen LogP contribution in [-0.2, 0) is 6.54 Å². The number of halogens is 1. The minimum absolute atomic E-state index is 0.0357. The third-order valence-corrected chi connectivity index (χ3v) is 5.39. The molecule has 0 bridgehead atoms. The average Bonchev–Trinajstić information content (AvgIpc) is 3.19. The number of rotatable bonds is 5. The number of aromatic nitrogens is 1. The van der Waals surface area contributed by atoms with Crippen molar-refractivity contribution in [3.05, 3.63) is 99.7 Å². The Labute approximate surface area is 187 Å². The Balaban J connectivity index is 1.51. The molecule has 1 heterocycles. The standard InChI is InChI=1S/C24H17BrN4O2/c25-20-7-4-16(5-8-20)15-29-11-10-21-18(2-1-3-22(21)29)14-27-28-24(31)17-6-9-23(30)19(12-17)13-26/h1-12,14,30H,15H2,(H,28,31)/b27-14+. The van der Waals surface area contributed by atoms with Gasteiger partial charge in [-0.25, -0.2) is 5.43 Å². The van der Waals surface area contributed by atoms with Crippen molar-refractivity contribution in [3.8, 4) is 11.8 Å². The molecular weight excluding hydrogens is 456 g/mol. The number of phenols is 1. The van der Waals surface area contributed by atoms with E-state index in [0.29, 0.717) is 0 Å². The van der Waals surface area contributed by atoms with E-state index in [9.17, 15) is 9.90 Å². The highest BCUT2D eigenvalue weighted by Crippen LogP contribution is 2.21. The molecule has 0 atom stereocenters. The van der Waals surface area contributed by atoms with Gasteiger partial charge in [0.2, 0.25) is 0 Å². The smallest absolute Gasteiger partial charge is 0.271 e. The number of benzene rings is 3. The zero-order valence-corrected chi connectivity index (χ0v) is 17.9. The van der Waals surface area contributed by atoms with Gasteiger partial charge in [0.15, 0.2) is 0 Å². The molecule has 4 aromatic rings. The van der Waals surface area contributed by atoms with E-state index in [1.807, 2.05) is 48.7 Å². The number of hydrazone groups is 1. The van der Waals surface area contributed by atoms with Crippen molar-refractivity contribution in [1.82, 2.24) is 9.99 Å². The van der Waals surface area contributed by atoms with Gasteiger partial charge in [-0.1, -0.05) is 40.2 Å². The molecule has 0 aliphatic carbocycles. The van der Waals surface area contributed by atoms with Crippen LogP contribution in [0.15, 0.2) is 82.5 Å². The van der Waals surface area contributed by atoms with Crippen LogP contribution < -0.4 is 5.43 Å². The molecule has 3 aromatic carbocycles. The predicted molar refractivity (Wildman–Crippen MR) is 123 cm³/mol. The van der Waals surface area contributed by atoms with Gasteiger partial charge in [0.25, 0.3) is 5.91 Å². The molecule has 31 heavy (non-hydrogen) atoms. The topological polar surface area (TPSA) is 90.4 Å². The number of carbonyl (C=O) groups excluding carboxylic acids is 1. The van der Waals surface area contributed by atoms with Gasteiger partial charge in [-0.3, -0.25) is 4.79 Å². The largest absolute Gasteiger partial charge is 0.507 e. The number of fused-ring (bicyclic) bond motifs is 1. The molecule has 0 aliphatic rings. The molecule has 1 amide bonds. The summed E-state index contributed by atoms with van der Waals surface area (Å²) in [6.07, 6.45) is 3.62. The lowest BCUT2D eigenvalue weighted by Gasteiger charge is -2.07. The van der Waals surface area contributed by atoms with Crippen LogP contribution in [0, 0.1) is 11.3 Å². The summed E-state index contributed by atoms with van der Waals surface area (Å²) in [4.78, 5) is 12.3. The minimum atomic E-state index is -0.465. The molecule has 6 nitrogen and oxygen atoms in total. The number of nitrogens with one attached hydrogen (secondary N) is 1. The minimum Gasteiger partial charge on any atom is -0.507 e. The molecule has 7 heteroatoms. The molecule has 1 aromatic heterocycles. The van der Waals surface area contributed by atoms with Crippen molar-refractivity contribution < 1.29 is 9.90 Å². The number of hydrogen-bond donors (Lipinski definition) is 2. The fourth-order valence-corrected chi connectivity index (χ4v) is 3.54. The van der Waals surface area contributed by atoms with E-state index in [4.69, 9.17) is 5.26 Å². The predicted octanol–water partition coefficient (Wildman–Crippen LogP) is 4.79. The zero-order chi connectivity index (χ0) is 21.8. The van der Waals surface area contributed by atoms with E-state index < -0.39 is 5.91 Å². The summed E-state index contributed by atoms with van der Waals surface area (Å²) in [6, 6.07) is 22.1. The van der Waals surface area contributed by atoms with Gasteiger partial charge in [-0.15, -0.1) is 0 Å². The van der Waals surface area contributed by atoms with Gasteiger partial charge < -0.3 is 9.67 Å². The Hall–Kier alpha value is -3.89. The highest BCUT2D eigenvalue weighted by molar-refractivity contribution is 9.10. The lowest BCUT2D eigenvalue weighted by Crippen LogP contribution is -2.17. The summed E-state index contributed by atoms with van der Waals surface area (Å²) in [5.41, 5.74) is 5.87. The second kappa shape index (κ2) is 8.86. The van der Waals surface area contributed by atoms with Crippen LogP contribution in [0.25, 0.3) is 10.9 Å². The monoisotopic (exact) mass is 472 g/mol. The molecule has 0 radical (unpaired) electrons. The fraction of sp³-hybridized carbons (Fsp3) is 0.0417. The molecule has 2 N–H and O–H groups in total.